The van der Waals surface area contributed by atoms with Crippen LogP contribution in [0.3, 0.4) is 0 Å². The number of rotatable bonds is 5. The Kier molecular flexibility index (Phi) is 3.87. The van der Waals surface area contributed by atoms with E-state index >= 15 is 0 Å². The van der Waals surface area contributed by atoms with Crippen LogP contribution in [-0.2, 0) is 0 Å². The van der Waals surface area contributed by atoms with E-state index in [1.165, 1.54) is 7.11 Å². The molecule has 0 spiro atoms. The van der Waals surface area contributed by atoms with Crippen molar-refractivity contribution in [3.05, 3.63) is 0 Å². The van der Waals surface area contributed by atoms with E-state index in [-0.39, 0.29) is 17.4 Å². The summed E-state index contributed by atoms with van der Waals surface area (Å²) in [4.78, 5) is 11.8. The molecule has 0 unspecified atom stereocenters. The van der Waals surface area contributed by atoms with Crippen molar-refractivity contribution in [3.63, 3.8) is 0 Å². The van der Waals surface area contributed by atoms with Crippen molar-refractivity contribution in [1.29, 1.82) is 0 Å². The molecule has 16 heavy (non-hydrogen) atoms. The summed E-state index contributed by atoms with van der Waals surface area (Å²) in [6.45, 7) is 7.25. The predicted octanol–water partition coefficient (Wildman–Crippen LogP) is 1.31. The number of ether oxygens (including phenoxy) is 1. The topological polar surface area (TPSA) is 86.0 Å². The third-order valence-corrected chi connectivity index (χ3v) is 2.50. The molecule has 0 amide bonds. The minimum absolute atomic E-state index is 0.156. The number of hydrogen-bond acceptors (Lipinski definition) is 6. The second kappa shape index (κ2) is 4.96. The number of methoxy groups -OCH3 is 1. The van der Waals surface area contributed by atoms with Gasteiger partial charge in [-0.05, 0) is 11.8 Å². The largest absolute Gasteiger partial charge is 0.467 e. The minimum atomic E-state index is 0.156. The maximum absolute atomic E-state index is 5.52. The first kappa shape index (κ1) is 12.5. The Labute approximate surface area is 95.6 Å². The minimum Gasteiger partial charge on any atom is -0.467 e. The lowest BCUT2D eigenvalue weighted by Crippen LogP contribution is -2.23. The highest BCUT2D eigenvalue weighted by molar-refractivity contribution is 5.32. The molecule has 0 saturated heterocycles. The lowest BCUT2D eigenvalue weighted by Gasteiger charge is -2.22. The normalized spacial score (nSPS) is 11.2. The fourth-order valence-corrected chi connectivity index (χ4v) is 0.986. The van der Waals surface area contributed by atoms with Crippen LogP contribution in [0.25, 0.3) is 0 Å². The van der Waals surface area contributed by atoms with Crippen LogP contribution in [0.5, 0.6) is 6.01 Å². The summed E-state index contributed by atoms with van der Waals surface area (Å²) in [6.07, 6.45) is 1.07. The van der Waals surface area contributed by atoms with Crippen LogP contribution in [-0.4, -0.2) is 28.6 Å². The average Bonchev–Trinajstić information content (AvgIpc) is 2.26. The highest BCUT2D eigenvalue weighted by Crippen LogP contribution is 2.20. The molecular formula is C10H19N5O. The van der Waals surface area contributed by atoms with Crippen molar-refractivity contribution in [2.75, 3.05) is 24.7 Å². The molecule has 3 N–H and O–H groups in total. The van der Waals surface area contributed by atoms with Gasteiger partial charge < -0.3 is 15.8 Å². The van der Waals surface area contributed by atoms with Gasteiger partial charge in [-0.3, -0.25) is 0 Å². The van der Waals surface area contributed by atoms with Gasteiger partial charge in [0, 0.05) is 6.54 Å². The fraction of sp³-hybridized carbons (Fsp3) is 0.700. The van der Waals surface area contributed by atoms with Crippen LogP contribution in [0, 0.1) is 5.41 Å². The van der Waals surface area contributed by atoms with Gasteiger partial charge in [0.05, 0.1) is 7.11 Å². The lowest BCUT2D eigenvalue weighted by molar-refractivity contribution is 0.370. The van der Waals surface area contributed by atoms with Gasteiger partial charge in [-0.1, -0.05) is 20.8 Å². The number of nitrogens with zero attached hydrogens (tertiary/aromatic N) is 3. The molecule has 0 aromatic carbocycles. The third-order valence-electron chi connectivity index (χ3n) is 2.50. The van der Waals surface area contributed by atoms with Gasteiger partial charge in [-0.25, -0.2) is 0 Å². The van der Waals surface area contributed by atoms with Gasteiger partial charge in [-0.2, -0.15) is 15.0 Å². The lowest BCUT2D eigenvalue weighted by atomic mass is 9.90. The van der Waals surface area contributed by atoms with Crippen molar-refractivity contribution < 1.29 is 4.74 Å². The van der Waals surface area contributed by atoms with Crippen LogP contribution in [0.2, 0.25) is 0 Å². The van der Waals surface area contributed by atoms with Gasteiger partial charge in [0.2, 0.25) is 11.9 Å². The first-order chi connectivity index (χ1) is 7.46. The first-order valence-electron chi connectivity index (χ1n) is 5.26. The summed E-state index contributed by atoms with van der Waals surface area (Å²) in [7, 11) is 1.49. The molecule has 90 valence electrons. The number of hydrogen-bond donors (Lipinski definition) is 2. The van der Waals surface area contributed by atoms with E-state index in [9.17, 15) is 0 Å². The van der Waals surface area contributed by atoms with Gasteiger partial charge >= 0.3 is 6.01 Å². The van der Waals surface area contributed by atoms with Gasteiger partial charge in [0.15, 0.2) is 0 Å². The summed E-state index contributed by atoms with van der Waals surface area (Å²) in [5, 5.41) is 3.13. The second-order valence-corrected chi connectivity index (χ2v) is 4.38. The molecule has 1 rings (SSSR count). The zero-order valence-corrected chi connectivity index (χ0v) is 10.2. The summed E-state index contributed by atoms with van der Waals surface area (Å²) >= 11 is 0. The summed E-state index contributed by atoms with van der Waals surface area (Å²) in [6, 6.07) is 0.226. The molecule has 0 saturated carbocycles. The van der Waals surface area contributed by atoms with Crippen LogP contribution in [0.1, 0.15) is 27.2 Å². The Hall–Kier alpha value is -1.59. The molecule has 0 atom stereocenters. The standard InChI is InChI=1S/C10H19N5O/c1-5-10(2,3)6-12-8-13-7(11)14-9(15-8)16-4/h5-6H2,1-4H3,(H3,11,12,13,14,15). The highest BCUT2D eigenvalue weighted by atomic mass is 16.5. The number of nitrogens with one attached hydrogen (secondary N) is 1. The zero-order chi connectivity index (χ0) is 12.2. The van der Waals surface area contributed by atoms with E-state index in [1.807, 2.05) is 0 Å². The molecule has 1 aromatic heterocycles. The Bertz CT molecular complexity index is 353. The predicted molar refractivity (Wildman–Crippen MR) is 63.4 cm³/mol. The Morgan fingerprint density at radius 3 is 2.56 bits per heavy atom. The number of nitrogens with two attached hydrogens (primary N) is 1. The monoisotopic (exact) mass is 225 g/mol. The van der Waals surface area contributed by atoms with Crippen molar-refractivity contribution in [2.45, 2.75) is 27.2 Å². The molecule has 6 nitrogen and oxygen atoms in total. The van der Waals surface area contributed by atoms with Crippen molar-refractivity contribution >= 4 is 11.9 Å². The molecule has 0 aliphatic heterocycles. The van der Waals surface area contributed by atoms with E-state index in [4.69, 9.17) is 10.5 Å². The second-order valence-electron chi connectivity index (χ2n) is 4.38. The molecule has 6 heteroatoms. The van der Waals surface area contributed by atoms with Crippen molar-refractivity contribution in [2.24, 2.45) is 5.41 Å². The van der Waals surface area contributed by atoms with Gasteiger partial charge in [-0.15, -0.1) is 0 Å². The maximum Gasteiger partial charge on any atom is 0.322 e. The average molecular weight is 225 g/mol. The van der Waals surface area contributed by atoms with Crippen LogP contribution in [0.15, 0.2) is 0 Å². The van der Waals surface area contributed by atoms with Crippen LogP contribution < -0.4 is 15.8 Å². The van der Waals surface area contributed by atoms with Gasteiger partial charge in [0.25, 0.3) is 0 Å². The SMILES string of the molecule is CCC(C)(C)CNc1nc(N)nc(OC)n1. The Morgan fingerprint density at radius 2 is 2.00 bits per heavy atom. The van der Waals surface area contributed by atoms with Crippen LogP contribution in [0.4, 0.5) is 11.9 Å². The zero-order valence-electron chi connectivity index (χ0n) is 10.2. The van der Waals surface area contributed by atoms with Crippen LogP contribution >= 0.6 is 0 Å². The third kappa shape index (κ3) is 3.52. The van der Waals surface area contributed by atoms with E-state index in [1.54, 1.807) is 0 Å². The smallest absolute Gasteiger partial charge is 0.322 e. The van der Waals surface area contributed by atoms with E-state index < -0.39 is 0 Å². The summed E-state index contributed by atoms with van der Waals surface area (Å²) in [5.74, 6) is 0.606. The van der Waals surface area contributed by atoms with E-state index in [2.05, 4.69) is 41.0 Å². The maximum atomic E-state index is 5.52. The molecule has 0 bridgehead atoms. The molecule has 0 aliphatic carbocycles. The van der Waals surface area contributed by atoms with E-state index in [0.717, 1.165) is 13.0 Å². The molecule has 0 fully saturated rings. The molecular weight excluding hydrogens is 206 g/mol. The van der Waals surface area contributed by atoms with Crippen molar-refractivity contribution in [1.82, 2.24) is 15.0 Å². The molecule has 0 aliphatic rings. The van der Waals surface area contributed by atoms with Crippen molar-refractivity contribution in [3.8, 4) is 6.01 Å². The fourth-order valence-electron chi connectivity index (χ4n) is 0.986. The molecule has 1 aromatic rings. The molecule has 0 radical (unpaired) electrons. The first-order valence-corrected chi connectivity index (χ1v) is 5.26. The highest BCUT2D eigenvalue weighted by Gasteiger charge is 2.15. The van der Waals surface area contributed by atoms with E-state index in [0.29, 0.717) is 5.95 Å². The van der Waals surface area contributed by atoms with Gasteiger partial charge in [0.1, 0.15) is 0 Å². The number of aromatic nitrogens is 3. The Balaban J connectivity index is 2.70. The summed E-state index contributed by atoms with van der Waals surface area (Å²) in [5.41, 5.74) is 5.71. The summed E-state index contributed by atoms with van der Waals surface area (Å²) < 4.78 is 4.91. The number of nitrogen functional groups attached to an aromatic ring is 1. The quantitative estimate of drug-likeness (QED) is 0.785. The Morgan fingerprint density at radius 1 is 1.31 bits per heavy atom. The number of anilines is 2. The molecule has 1 heterocycles.